The van der Waals surface area contributed by atoms with Crippen molar-refractivity contribution in [3.63, 3.8) is 0 Å². The minimum absolute atomic E-state index is 0.00881. The molecular weight excluding hydrogens is 722 g/mol. The maximum absolute atomic E-state index is 14.0. The molecule has 288 valence electrons. The number of nitrogens with one attached hydrogen (secondary N) is 2. The number of nitrogens with zero attached hydrogens (tertiary/aromatic N) is 4. The largest absolute Gasteiger partial charge is 0.480 e. The molecular formula is C33H42F6N6O6S. The highest BCUT2D eigenvalue weighted by Gasteiger charge is 2.39. The molecule has 0 bridgehead atoms. The lowest BCUT2D eigenvalue weighted by atomic mass is 9.91. The number of piperidine rings is 1. The van der Waals surface area contributed by atoms with Gasteiger partial charge >= 0.3 is 18.3 Å². The SMILES string of the molecule is O=C(O)CNS(=O)(=O)CCNC(=O)CCCC1CCN(c2cc(N3CCC[C@H]3C(=O)CCCc3ccc(C(F)(F)F)cc3)nc(C(F)(F)F)n2)CC1. The van der Waals surface area contributed by atoms with Gasteiger partial charge in [0.2, 0.25) is 21.8 Å². The number of aliphatic carboxylic acids is 1. The van der Waals surface area contributed by atoms with E-state index < -0.39 is 58.1 Å². The van der Waals surface area contributed by atoms with Gasteiger partial charge in [-0.15, -0.1) is 0 Å². The van der Waals surface area contributed by atoms with Crippen molar-refractivity contribution < 1.29 is 54.3 Å². The van der Waals surface area contributed by atoms with Crippen molar-refractivity contribution >= 4 is 39.3 Å². The molecule has 0 spiro atoms. The van der Waals surface area contributed by atoms with Gasteiger partial charge in [0.25, 0.3) is 0 Å². The van der Waals surface area contributed by atoms with Crippen LogP contribution in [0.1, 0.15) is 74.7 Å². The number of halogens is 6. The summed E-state index contributed by atoms with van der Waals surface area (Å²) < 4.78 is 106. The molecule has 2 fully saturated rings. The molecule has 3 N–H and O–H groups in total. The quantitative estimate of drug-likeness (QED) is 0.195. The number of hydrogen-bond acceptors (Lipinski definition) is 9. The summed E-state index contributed by atoms with van der Waals surface area (Å²) in [6, 6.07) is 5.50. The average Bonchev–Trinajstić information content (AvgIpc) is 3.57. The number of aromatic nitrogens is 2. The van der Waals surface area contributed by atoms with Crippen LogP contribution in [0.5, 0.6) is 0 Å². The maximum Gasteiger partial charge on any atom is 0.451 e. The number of carbonyl (C=O) groups excluding carboxylic acids is 2. The number of carboxylic acids is 1. The number of anilines is 2. The Morgan fingerprint density at radius 2 is 1.56 bits per heavy atom. The van der Waals surface area contributed by atoms with Crippen LogP contribution in [0.2, 0.25) is 0 Å². The van der Waals surface area contributed by atoms with Crippen LogP contribution < -0.4 is 19.8 Å². The highest BCUT2D eigenvalue weighted by atomic mass is 32.2. The number of rotatable bonds is 17. The van der Waals surface area contributed by atoms with Gasteiger partial charge in [-0.1, -0.05) is 12.1 Å². The van der Waals surface area contributed by atoms with Crippen molar-refractivity contribution in [2.75, 3.05) is 48.3 Å². The fourth-order valence-electron chi connectivity index (χ4n) is 6.39. The number of ketones is 1. The minimum atomic E-state index is -4.83. The third-order valence-electron chi connectivity index (χ3n) is 9.13. The molecule has 3 heterocycles. The molecule has 1 aromatic carbocycles. The monoisotopic (exact) mass is 764 g/mol. The van der Waals surface area contributed by atoms with E-state index in [0.717, 1.165) is 12.1 Å². The molecule has 2 aromatic rings. The van der Waals surface area contributed by atoms with Crippen LogP contribution in [0.3, 0.4) is 0 Å². The zero-order valence-electron chi connectivity index (χ0n) is 28.3. The lowest BCUT2D eigenvalue weighted by Crippen LogP contribution is -2.38. The Hall–Kier alpha value is -4.00. The summed E-state index contributed by atoms with van der Waals surface area (Å²) in [6.45, 7) is 0.232. The van der Waals surface area contributed by atoms with E-state index >= 15 is 0 Å². The summed E-state index contributed by atoms with van der Waals surface area (Å²) in [5.74, 6) is -3.31. The fraction of sp³-hybridized carbons (Fsp3) is 0.606. The molecule has 0 aliphatic carbocycles. The van der Waals surface area contributed by atoms with Crippen LogP contribution in [-0.4, -0.2) is 85.7 Å². The van der Waals surface area contributed by atoms with Gasteiger partial charge in [0.1, 0.15) is 18.2 Å². The predicted octanol–water partition coefficient (Wildman–Crippen LogP) is 4.58. The Morgan fingerprint density at radius 1 is 0.885 bits per heavy atom. The maximum atomic E-state index is 14.0. The molecule has 0 unspecified atom stereocenters. The Kier molecular flexibility index (Phi) is 13.9. The molecule has 19 heteroatoms. The van der Waals surface area contributed by atoms with Crippen molar-refractivity contribution in [1.82, 2.24) is 20.0 Å². The second kappa shape index (κ2) is 17.7. The predicted molar refractivity (Wildman–Crippen MR) is 178 cm³/mol. The number of Topliss-reactive ketones (excluding diaryl/α,β-unsaturated/α-hetero) is 1. The number of carboxylic acid groups (broad SMARTS) is 1. The summed E-state index contributed by atoms with van der Waals surface area (Å²) in [7, 11) is -3.84. The van der Waals surface area contributed by atoms with E-state index in [2.05, 4.69) is 15.3 Å². The third kappa shape index (κ3) is 12.3. The van der Waals surface area contributed by atoms with Gasteiger partial charge in [-0.3, -0.25) is 14.4 Å². The van der Waals surface area contributed by atoms with Crippen molar-refractivity contribution in [3.05, 3.63) is 47.3 Å². The molecule has 4 rings (SSSR count). The molecule has 2 saturated heterocycles. The van der Waals surface area contributed by atoms with Crippen molar-refractivity contribution in [1.29, 1.82) is 0 Å². The summed E-state index contributed by atoms with van der Waals surface area (Å²) in [5.41, 5.74) is -0.120. The van der Waals surface area contributed by atoms with Crippen molar-refractivity contribution in [2.24, 2.45) is 5.92 Å². The zero-order valence-corrected chi connectivity index (χ0v) is 29.1. The summed E-state index contributed by atoms with van der Waals surface area (Å²) in [5, 5.41) is 11.1. The van der Waals surface area contributed by atoms with Gasteiger partial charge in [0, 0.05) is 45.1 Å². The number of aryl methyl sites for hydroxylation is 1. The molecule has 1 aromatic heterocycles. The van der Waals surface area contributed by atoms with Gasteiger partial charge in [0.05, 0.1) is 17.4 Å². The molecule has 0 saturated carbocycles. The first-order chi connectivity index (χ1) is 24.4. The number of benzene rings is 1. The molecule has 2 aliphatic heterocycles. The Bertz CT molecular complexity index is 1650. The van der Waals surface area contributed by atoms with E-state index in [1.54, 1.807) is 9.80 Å². The first kappa shape index (κ1) is 40.8. The lowest BCUT2D eigenvalue weighted by Gasteiger charge is -2.34. The summed E-state index contributed by atoms with van der Waals surface area (Å²) in [6.07, 6.45) is -4.79. The molecule has 12 nitrogen and oxygen atoms in total. The number of alkyl halides is 6. The topological polar surface area (TPSA) is 162 Å². The minimum Gasteiger partial charge on any atom is -0.480 e. The van der Waals surface area contributed by atoms with Crippen LogP contribution in [0.25, 0.3) is 0 Å². The highest BCUT2D eigenvalue weighted by Crippen LogP contribution is 2.35. The molecule has 0 radical (unpaired) electrons. The number of hydrogen-bond donors (Lipinski definition) is 3. The number of carbonyl (C=O) groups is 3. The van der Waals surface area contributed by atoms with Crippen LogP contribution in [0.15, 0.2) is 30.3 Å². The van der Waals surface area contributed by atoms with E-state index in [4.69, 9.17) is 5.11 Å². The first-order valence-corrected chi connectivity index (χ1v) is 18.7. The number of sulfonamides is 1. The van der Waals surface area contributed by atoms with E-state index in [1.165, 1.54) is 18.2 Å². The van der Waals surface area contributed by atoms with Crippen molar-refractivity contribution in [3.8, 4) is 0 Å². The van der Waals surface area contributed by atoms with Gasteiger partial charge in [-0.25, -0.2) is 23.1 Å². The van der Waals surface area contributed by atoms with E-state index in [9.17, 15) is 49.1 Å². The number of amides is 1. The molecule has 1 atom stereocenters. The zero-order chi connectivity index (χ0) is 38.1. The highest BCUT2D eigenvalue weighted by molar-refractivity contribution is 7.89. The summed E-state index contributed by atoms with van der Waals surface area (Å²) >= 11 is 0. The second-order valence-corrected chi connectivity index (χ2v) is 14.9. The molecule has 1 amide bonds. The Balaban J connectivity index is 1.28. The third-order valence-corrected chi connectivity index (χ3v) is 10.5. The van der Waals surface area contributed by atoms with Gasteiger partial charge in [0.15, 0.2) is 5.78 Å². The van der Waals surface area contributed by atoms with Crippen molar-refractivity contribution in [2.45, 2.75) is 82.6 Å². The van der Waals surface area contributed by atoms with Crippen LogP contribution in [-0.2, 0) is 43.2 Å². The van der Waals surface area contributed by atoms with E-state index in [1.807, 2.05) is 4.72 Å². The first-order valence-electron chi connectivity index (χ1n) is 17.0. The molecule has 52 heavy (non-hydrogen) atoms. The molecule has 2 aliphatic rings. The fourth-order valence-corrected chi connectivity index (χ4v) is 7.24. The Morgan fingerprint density at radius 3 is 2.19 bits per heavy atom. The van der Waals surface area contributed by atoms with Crippen LogP contribution >= 0.6 is 0 Å². The van der Waals surface area contributed by atoms with Crippen LogP contribution in [0, 0.1) is 5.92 Å². The second-order valence-electron chi connectivity index (χ2n) is 13.0. The average molecular weight is 765 g/mol. The Labute approximate surface area is 297 Å². The van der Waals surface area contributed by atoms with E-state index in [-0.39, 0.29) is 48.6 Å². The normalized spacial score (nSPS) is 17.4. The smallest absolute Gasteiger partial charge is 0.451 e. The van der Waals surface area contributed by atoms with Gasteiger partial charge < -0.3 is 20.2 Å². The lowest BCUT2D eigenvalue weighted by molar-refractivity contribution is -0.145. The van der Waals surface area contributed by atoms with Crippen LogP contribution in [0.4, 0.5) is 38.0 Å². The standard InChI is InChI=1S/C33H42F6N6O6S/c34-32(35,36)24-11-9-22(10-12-24)4-1-7-26(46)25-6-3-16-45(25)28-20-27(42-31(43-28)33(37,38)39)44-17-13-23(14-18-44)5-2-8-29(47)40-15-19-52(50,51)41-21-30(48)49/h9-12,20,23,25,41H,1-8,13-19,21H2,(H,40,47)(H,48,49)/t25-/m0/s1. The van der Waals surface area contributed by atoms with Gasteiger partial charge in [-0.05, 0) is 75.0 Å². The van der Waals surface area contributed by atoms with E-state index in [0.29, 0.717) is 76.6 Å². The summed E-state index contributed by atoms with van der Waals surface area (Å²) in [4.78, 5) is 46.9. The van der Waals surface area contributed by atoms with Gasteiger partial charge in [-0.2, -0.15) is 26.3 Å².